The first-order valence-electron chi connectivity index (χ1n) is 9.97. The number of carbonyl (C=O) groups is 1. The molecule has 3 aromatic rings. The first-order valence-corrected chi connectivity index (χ1v) is 9.97. The second kappa shape index (κ2) is 7.24. The molecule has 3 heterocycles. The molecule has 5 nitrogen and oxygen atoms in total. The zero-order valence-corrected chi connectivity index (χ0v) is 16.3. The second-order valence-electron chi connectivity index (χ2n) is 7.79. The Bertz CT molecular complexity index is 1110. The predicted molar refractivity (Wildman–Crippen MR) is 112 cm³/mol. The van der Waals surface area contributed by atoms with E-state index < -0.39 is 0 Å². The van der Waals surface area contributed by atoms with Crippen molar-refractivity contribution in [2.45, 2.75) is 38.3 Å². The van der Waals surface area contributed by atoms with Crippen molar-refractivity contribution in [1.29, 1.82) is 0 Å². The van der Waals surface area contributed by atoms with Crippen LogP contribution in [-0.2, 0) is 17.8 Å². The van der Waals surface area contributed by atoms with E-state index in [1.165, 1.54) is 5.56 Å². The molecule has 2 atom stereocenters. The summed E-state index contributed by atoms with van der Waals surface area (Å²) in [7, 11) is 0. The van der Waals surface area contributed by atoms with Crippen molar-refractivity contribution in [3.63, 3.8) is 0 Å². The Balaban J connectivity index is 1.23. The summed E-state index contributed by atoms with van der Waals surface area (Å²) in [6.07, 6.45) is 4.96. The number of hydrogen-bond acceptors (Lipinski definition) is 4. The van der Waals surface area contributed by atoms with E-state index in [0.29, 0.717) is 18.9 Å². The molecule has 5 rings (SSSR count). The lowest BCUT2D eigenvalue weighted by molar-refractivity contribution is -0.120. The third-order valence-corrected chi connectivity index (χ3v) is 5.59. The van der Waals surface area contributed by atoms with E-state index >= 15 is 0 Å². The van der Waals surface area contributed by atoms with E-state index in [1.807, 2.05) is 49.5 Å². The first kappa shape index (κ1) is 17.7. The van der Waals surface area contributed by atoms with Crippen LogP contribution in [0.4, 0.5) is 0 Å². The topological polar surface area (TPSA) is 67.2 Å². The lowest BCUT2D eigenvalue weighted by atomic mass is 10.0. The molecule has 2 aromatic heterocycles. The van der Waals surface area contributed by atoms with Crippen LogP contribution in [0, 0.1) is 6.92 Å². The summed E-state index contributed by atoms with van der Waals surface area (Å²) >= 11 is 0. The van der Waals surface area contributed by atoms with Gasteiger partial charge in [-0.2, -0.15) is 0 Å². The Morgan fingerprint density at radius 3 is 2.83 bits per heavy atom. The molecule has 1 saturated carbocycles. The van der Waals surface area contributed by atoms with Gasteiger partial charge in [0.2, 0.25) is 5.91 Å². The smallest absolute Gasteiger partial charge is 0.226 e. The average molecular weight is 382 g/mol. The largest absolute Gasteiger partial charge is 0.352 e. The summed E-state index contributed by atoms with van der Waals surface area (Å²) in [5.41, 5.74) is 7.24. The maximum absolute atomic E-state index is 12.5. The molecule has 0 bridgehead atoms. The summed E-state index contributed by atoms with van der Waals surface area (Å²) in [4.78, 5) is 26.0. The second-order valence-corrected chi connectivity index (χ2v) is 7.79. The number of aryl methyl sites for hydroxylation is 1. The number of carbonyl (C=O) groups excluding carboxylic acids is 1. The van der Waals surface area contributed by atoms with Gasteiger partial charge < -0.3 is 5.32 Å². The molecule has 1 fully saturated rings. The highest BCUT2D eigenvalue weighted by atomic mass is 16.1. The van der Waals surface area contributed by atoms with E-state index in [2.05, 4.69) is 32.4 Å². The molecule has 1 N–H and O–H groups in total. The molecule has 0 spiro atoms. The third kappa shape index (κ3) is 3.68. The predicted octanol–water partition coefficient (Wildman–Crippen LogP) is 3.35. The fourth-order valence-electron chi connectivity index (χ4n) is 4.02. The van der Waals surface area contributed by atoms with Crippen LogP contribution in [0.5, 0.6) is 0 Å². The van der Waals surface area contributed by atoms with Crippen LogP contribution in [-0.4, -0.2) is 27.6 Å². The SMILES string of the molecule is Cc1cc(C2=NCc3cc(CC(=O)N[C@@H]4C[C@H]4c4ccccc4)ncc32)ccn1. The summed E-state index contributed by atoms with van der Waals surface area (Å²) < 4.78 is 0. The van der Waals surface area contributed by atoms with Gasteiger partial charge in [0.1, 0.15) is 0 Å². The summed E-state index contributed by atoms with van der Waals surface area (Å²) in [5.74, 6) is 0.470. The fourth-order valence-corrected chi connectivity index (χ4v) is 4.02. The first-order chi connectivity index (χ1) is 14.2. The number of hydrogen-bond donors (Lipinski definition) is 1. The molecule has 1 aromatic carbocycles. The molecule has 1 aliphatic carbocycles. The number of nitrogens with zero attached hydrogens (tertiary/aromatic N) is 3. The van der Waals surface area contributed by atoms with Crippen molar-refractivity contribution in [2.24, 2.45) is 4.99 Å². The number of aliphatic imine (C=N–C) groups is 1. The number of rotatable bonds is 5. The minimum atomic E-state index is 0.0322. The number of aromatic nitrogens is 2. The highest BCUT2D eigenvalue weighted by Crippen LogP contribution is 2.40. The van der Waals surface area contributed by atoms with E-state index in [1.54, 1.807) is 6.20 Å². The van der Waals surface area contributed by atoms with Gasteiger partial charge in [-0.15, -0.1) is 0 Å². The molecular formula is C24H22N4O. The van der Waals surface area contributed by atoms with Gasteiger partial charge in [0.05, 0.1) is 24.4 Å². The van der Waals surface area contributed by atoms with Gasteiger partial charge in [-0.1, -0.05) is 30.3 Å². The number of nitrogens with one attached hydrogen (secondary N) is 1. The Morgan fingerprint density at radius 1 is 1.14 bits per heavy atom. The molecule has 1 aliphatic heterocycles. The molecule has 0 saturated heterocycles. The van der Waals surface area contributed by atoms with E-state index in [-0.39, 0.29) is 11.9 Å². The van der Waals surface area contributed by atoms with Crippen molar-refractivity contribution in [3.8, 4) is 0 Å². The van der Waals surface area contributed by atoms with Gasteiger partial charge in [-0.25, -0.2) is 0 Å². The number of amides is 1. The van der Waals surface area contributed by atoms with Crippen LogP contribution < -0.4 is 5.32 Å². The molecule has 5 heteroatoms. The molecule has 0 radical (unpaired) electrons. The van der Waals surface area contributed by atoms with Crippen molar-refractivity contribution in [2.75, 3.05) is 0 Å². The van der Waals surface area contributed by atoms with Crippen LogP contribution >= 0.6 is 0 Å². The highest BCUT2D eigenvalue weighted by Gasteiger charge is 2.39. The standard InChI is InChI=1S/C24H22N4O/c1-15-9-17(7-8-25-15)24-21-14-26-19(10-18(21)13-27-24)11-23(29)28-22-12-20(22)16-5-3-2-4-6-16/h2-10,14,20,22H,11-13H2,1H3,(H,28,29)/t20-,22+/m0/s1. The Hall–Kier alpha value is -3.34. The van der Waals surface area contributed by atoms with E-state index in [9.17, 15) is 4.79 Å². The van der Waals surface area contributed by atoms with Gasteiger partial charge in [0.25, 0.3) is 0 Å². The monoisotopic (exact) mass is 382 g/mol. The van der Waals surface area contributed by atoms with Crippen molar-refractivity contribution >= 4 is 11.6 Å². The Morgan fingerprint density at radius 2 is 2.00 bits per heavy atom. The average Bonchev–Trinajstić information content (AvgIpc) is 3.36. The fraction of sp³-hybridized carbons (Fsp3) is 0.250. The lowest BCUT2D eigenvalue weighted by Gasteiger charge is -2.08. The molecule has 2 aliphatic rings. The van der Waals surface area contributed by atoms with Crippen LogP contribution in [0.3, 0.4) is 0 Å². The summed E-state index contributed by atoms with van der Waals surface area (Å²) in [6.45, 7) is 2.60. The minimum Gasteiger partial charge on any atom is -0.352 e. The van der Waals surface area contributed by atoms with Crippen molar-refractivity contribution in [1.82, 2.24) is 15.3 Å². The normalized spacial score (nSPS) is 19.4. The number of pyridine rings is 2. The molecule has 1 amide bonds. The third-order valence-electron chi connectivity index (χ3n) is 5.59. The molecule has 144 valence electrons. The Kier molecular flexibility index (Phi) is 4.43. The highest BCUT2D eigenvalue weighted by molar-refractivity contribution is 6.15. The quantitative estimate of drug-likeness (QED) is 0.736. The van der Waals surface area contributed by atoms with E-state index in [0.717, 1.165) is 40.2 Å². The van der Waals surface area contributed by atoms with Gasteiger partial charge in [0.15, 0.2) is 0 Å². The Labute approximate surface area is 169 Å². The van der Waals surface area contributed by atoms with Crippen LogP contribution in [0.2, 0.25) is 0 Å². The van der Waals surface area contributed by atoms with E-state index in [4.69, 9.17) is 0 Å². The van der Waals surface area contributed by atoms with Crippen LogP contribution in [0.1, 0.15) is 46.0 Å². The van der Waals surface area contributed by atoms with Gasteiger partial charge in [-0.3, -0.25) is 19.8 Å². The zero-order valence-electron chi connectivity index (χ0n) is 16.3. The molecule has 29 heavy (non-hydrogen) atoms. The van der Waals surface area contributed by atoms with Crippen molar-refractivity contribution < 1.29 is 4.79 Å². The lowest BCUT2D eigenvalue weighted by Crippen LogP contribution is -2.28. The van der Waals surface area contributed by atoms with Gasteiger partial charge in [0, 0.05) is 41.2 Å². The molecular weight excluding hydrogens is 360 g/mol. The summed E-state index contributed by atoms with van der Waals surface area (Å²) in [5, 5.41) is 3.14. The van der Waals surface area contributed by atoms with Crippen molar-refractivity contribution in [3.05, 3.63) is 94.6 Å². The van der Waals surface area contributed by atoms with Gasteiger partial charge >= 0.3 is 0 Å². The van der Waals surface area contributed by atoms with Crippen LogP contribution in [0.25, 0.3) is 0 Å². The van der Waals surface area contributed by atoms with Gasteiger partial charge in [-0.05, 0) is 42.7 Å². The summed E-state index contributed by atoms with van der Waals surface area (Å²) in [6, 6.07) is 16.6. The number of benzene rings is 1. The minimum absolute atomic E-state index is 0.0322. The molecule has 0 unspecified atom stereocenters. The van der Waals surface area contributed by atoms with Crippen LogP contribution in [0.15, 0.2) is 65.9 Å². The number of fused-ring (bicyclic) bond motifs is 1. The maximum atomic E-state index is 12.5. The maximum Gasteiger partial charge on any atom is 0.226 e. The zero-order chi connectivity index (χ0) is 19.8.